The molecule has 1 aliphatic heterocycles. The maximum absolute atomic E-state index is 9.24. The highest BCUT2D eigenvalue weighted by Crippen LogP contribution is 2.30. The molecule has 0 radical (unpaired) electrons. The second-order valence-corrected chi connectivity index (χ2v) is 3.56. The molecule has 5 N–H and O–H groups in total. The van der Waals surface area contributed by atoms with Crippen LogP contribution in [0.5, 0.6) is 0 Å². The Kier molecular flexibility index (Phi) is 3.18. The molecule has 0 spiro atoms. The monoisotopic (exact) mass is 212 g/mol. The zero-order valence-electron chi connectivity index (χ0n) is 6.61. The fraction of sp³-hybridized carbons (Fsp3) is 1.00. The van der Waals surface area contributed by atoms with Crippen molar-refractivity contribution in [1.82, 2.24) is 0 Å². The maximum atomic E-state index is 9.24. The minimum absolute atomic E-state index is 0.589. The third-order valence-corrected chi connectivity index (χ3v) is 2.31. The van der Waals surface area contributed by atoms with E-state index in [9.17, 15) is 15.3 Å². The van der Waals surface area contributed by atoms with E-state index >= 15 is 0 Å². The maximum Gasteiger partial charge on any atom is 0.243 e. The van der Waals surface area contributed by atoms with Gasteiger partial charge in [0.25, 0.3) is 0 Å². The molecule has 1 fully saturated rings. The standard InChI is InChI=1S/C6H12O6S/c7-1-2-3(8)4(9)5(10)6(11,13)12-2/h2-5,7-11,13H,1H2/t2-,3-,4+,5+,6+/m1/s1. The lowest BCUT2D eigenvalue weighted by Crippen LogP contribution is -2.62. The second-order valence-electron chi connectivity index (χ2n) is 2.92. The Morgan fingerprint density at radius 3 is 2.23 bits per heavy atom. The number of hydrogen-bond donors (Lipinski definition) is 6. The van der Waals surface area contributed by atoms with Crippen LogP contribution in [0.15, 0.2) is 0 Å². The smallest absolute Gasteiger partial charge is 0.243 e. The van der Waals surface area contributed by atoms with Crippen molar-refractivity contribution in [3.05, 3.63) is 0 Å². The van der Waals surface area contributed by atoms with Crippen LogP contribution in [0.4, 0.5) is 0 Å². The summed E-state index contributed by atoms with van der Waals surface area (Å²) >= 11 is 3.53. The van der Waals surface area contributed by atoms with Crippen LogP contribution in [0.1, 0.15) is 0 Å². The summed E-state index contributed by atoms with van der Waals surface area (Å²) in [5.41, 5.74) is 0. The molecule has 1 saturated heterocycles. The van der Waals surface area contributed by atoms with Crippen molar-refractivity contribution < 1.29 is 30.3 Å². The fourth-order valence-electron chi connectivity index (χ4n) is 1.14. The van der Waals surface area contributed by atoms with E-state index in [2.05, 4.69) is 17.4 Å². The largest absolute Gasteiger partial charge is 0.394 e. The molecule has 0 saturated carbocycles. The lowest BCUT2D eigenvalue weighted by molar-refractivity contribution is -0.304. The van der Waals surface area contributed by atoms with Crippen LogP contribution in [0, 0.1) is 0 Å². The Morgan fingerprint density at radius 2 is 1.77 bits per heavy atom. The van der Waals surface area contributed by atoms with E-state index in [1.165, 1.54) is 0 Å². The van der Waals surface area contributed by atoms with Crippen molar-refractivity contribution in [2.45, 2.75) is 29.5 Å². The lowest BCUT2D eigenvalue weighted by Gasteiger charge is -2.42. The molecule has 0 aromatic rings. The average Bonchev–Trinajstić information content (AvgIpc) is 2.08. The first kappa shape index (κ1) is 11.2. The summed E-state index contributed by atoms with van der Waals surface area (Å²) in [7, 11) is 0. The molecule has 0 bridgehead atoms. The highest BCUT2D eigenvalue weighted by Gasteiger charge is 2.50. The molecule has 7 heteroatoms. The molecule has 1 aliphatic rings. The van der Waals surface area contributed by atoms with Crippen LogP contribution in [0.25, 0.3) is 0 Å². The van der Waals surface area contributed by atoms with Crippen molar-refractivity contribution in [3.8, 4) is 0 Å². The van der Waals surface area contributed by atoms with E-state index in [-0.39, 0.29) is 0 Å². The molecule has 0 amide bonds. The number of rotatable bonds is 1. The van der Waals surface area contributed by atoms with E-state index in [0.29, 0.717) is 0 Å². The van der Waals surface area contributed by atoms with Gasteiger partial charge in [0, 0.05) is 0 Å². The highest BCUT2D eigenvalue weighted by molar-refractivity contribution is 7.81. The van der Waals surface area contributed by atoms with Crippen LogP contribution >= 0.6 is 12.6 Å². The molecule has 0 aliphatic carbocycles. The van der Waals surface area contributed by atoms with Gasteiger partial charge >= 0.3 is 0 Å². The second kappa shape index (κ2) is 3.70. The van der Waals surface area contributed by atoms with Gasteiger partial charge in [-0.2, -0.15) is 0 Å². The minimum atomic E-state index is -2.26. The summed E-state index contributed by atoms with van der Waals surface area (Å²) in [5, 5.41) is 43.2. The molecule has 1 rings (SSSR count). The SMILES string of the molecule is OC[C@H]1O[C@](O)(S)[C@@H](O)[C@@H](O)[C@@H]1O. The van der Waals surface area contributed by atoms with Gasteiger partial charge in [-0.1, -0.05) is 0 Å². The summed E-state index contributed by atoms with van der Waals surface area (Å²) in [4.78, 5) is 0. The molecule has 0 unspecified atom stereocenters. The third-order valence-electron chi connectivity index (χ3n) is 1.94. The van der Waals surface area contributed by atoms with E-state index < -0.39 is 36.1 Å². The molecule has 1 heterocycles. The third kappa shape index (κ3) is 1.96. The molecular formula is C6H12O6S. The highest BCUT2D eigenvalue weighted by atomic mass is 32.1. The van der Waals surface area contributed by atoms with Gasteiger partial charge in [-0.05, 0) is 0 Å². The first-order valence-electron chi connectivity index (χ1n) is 3.67. The zero-order valence-corrected chi connectivity index (χ0v) is 7.50. The van der Waals surface area contributed by atoms with Crippen molar-refractivity contribution in [2.75, 3.05) is 6.61 Å². The summed E-state index contributed by atoms with van der Waals surface area (Å²) in [6.07, 6.45) is -5.95. The molecule has 0 aromatic carbocycles. The van der Waals surface area contributed by atoms with Crippen LogP contribution in [-0.2, 0) is 4.74 Å². The molecule has 13 heavy (non-hydrogen) atoms. The quantitative estimate of drug-likeness (QED) is 0.205. The van der Waals surface area contributed by atoms with Gasteiger partial charge in [-0.3, -0.25) is 0 Å². The Bertz CT molecular complexity index is 184. The summed E-state index contributed by atoms with van der Waals surface area (Å²) in [6, 6.07) is 0. The predicted octanol–water partition coefficient (Wildman–Crippen LogP) is -2.96. The van der Waals surface area contributed by atoms with Crippen LogP contribution < -0.4 is 0 Å². The van der Waals surface area contributed by atoms with Gasteiger partial charge in [-0.25, -0.2) is 0 Å². The van der Waals surface area contributed by atoms with Crippen molar-refractivity contribution in [2.24, 2.45) is 0 Å². The van der Waals surface area contributed by atoms with Gasteiger partial charge in [0.1, 0.15) is 24.4 Å². The molecule has 6 nitrogen and oxygen atoms in total. The Morgan fingerprint density at radius 1 is 1.23 bits per heavy atom. The topological polar surface area (TPSA) is 110 Å². The Balaban J connectivity index is 2.79. The molecular weight excluding hydrogens is 200 g/mol. The number of thiol groups is 1. The van der Waals surface area contributed by atoms with Gasteiger partial charge in [0.15, 0.2) is 0 Å². The molecule has 78 valence electrons. The van der Waals surface area contributed by atoms with Crippen LogP contribution in [-0.4, -0.2) is 61.7 Å². The zero-order chi connectivity index (χ0) is 10.2. The van der Waals surface area contributed by atoms with Gasteiger partial charge in [-0.15, -0.1) is 12.6 Å². The van der Waals surface area contributed by atoms with Crippen molar-refractivity contribution >= 4 is 12.6 Å². The van der Waals surface area contributed by atoms with E-state index in [0.717, 1.165) is 0 Å². The summed E-state index contributed by atoms with van der Waals surface area (Å²) in [5.74, 6) is 0. The number of aliphatic hydroxyl groups is 5. The first-order valence-corrected chi connectivity index (χ1v) is 4.12. The minimum Gasteiger partial charge on any atom is -0.394 e. The summed E-state index contributed by atoms with van der Waals surface area (Å²) < 4.78 is 4.63. The van der Waals surface area contributed by atoms with Gasteiger partial charge < -0.3 is 30.3 Å². The number of aliphatic hydroxyl groups excluding tert-OH is 4. The van der Waals surface area contributed by atoms with E-state index in [1.54, 1.807) is 0 Å². The molecule has 0 aromatic heterocycles. The van der Waals surface area contributed by atoms with Gasteiger partial charge in [0.05, 0.1) is 6.61 Å². The number of hydrogen-bond acceptors (Lipinski definition) is 7. The van der Waals surface area contributed by atoms with E-state index in [4.69, 9.17) is 10.2 Å². The van der Waals surface area contributed by atoms with Crippen LogP contribution in [0.2, 0.25) is 0 Å². The molecule has 5 atom stereocenters. The Labute approximate surface area is 79.8 Å². The normalized spacial score (nSPS) is 52.2. The Hall–Kier alpha value is 0.110. The van der Waals surface area contributed by atoms with Gasteiger partial charge in [0.2, 0.25) is 5.12 Å². The fourth-order valence-corrected chi connectivity index (χ4v) is 1.42. The van der Waals surface area contributed by atoms with E-state index in [1.807, 2.05) is 0 Å². The van der Waals surface area contributed by atoms with Crippen molar-refractivity contribution in [1.29, 1.82) is 0 Å². The summed E-state index contributed by atoms with van der Waals surface area (Å²) in [6.45, 7) is -0.589. The first-order chi connectivity index (χ1) is 5.90. The van der Waals surface area contributed by atoms with Crippen LogP contribution in [0.3, 0.4) is 0 Å². The number of ether oxygens (including phenoxy) is 1. The lowest BCUT2D eigenvalue weighted by atomic mass is 9.99. The predicted molar refractivity (Wildman–Crippen MR) is 43.9 cm³/mol. The van der Waals surface area contributed by atoms with Crippen molar-refractivity contribution in [3.63, 3.8) is 0 Å². The average molecular weight is 212 g/mol.